The van der Waals surface area contributed by atoms with E-state index in [4.69, 9.17) is 0 Å². The number of anilines is 3. The molecule has 3 fully saturated rings. The van der Waals surface area contributed by atoms with Crippen molar-refractivity contribution in [2.75, 3.05) is 4.90 Å². The van der Waals surface area contributed by atoms with E-state index in [1.54, 1.807) is 11.1 Å². The number of thiophene rings is 1. The third kappa shape index (κ3) is 3.62. The van der Waals surface area contributed by atoms with Gasteiger partial charge in [-0.1, -0.05) is 103 Å². The van der Waals surface area contributed by atoms with Crippen molar-refractivity contribution in [1.29, 1.82) is 0 Å². The van der Waals surface area contributed by atoms with Crippen LogP contribution in [0, 0.1) is 23.7 Å². The van der Waals surface area contributed by atoms with Gasteiger partial charge in [0.2, 0.25) is 0 Å². The molecule has 0 saturated heterocycles. The molecule has 0 bridgehead atoms. The van der Waals surface area contributed by atoms with Crippen LogP contribution in [0.15, 0.2) is 152 Å². The summed E-state index contributed by atoms with van der Waals surface area (Å²) in [5, 5.41) is 5.22. The molecule has 1 aromatic heterocycles. The van der Waals surface area contributed by atoms with Crippen LogP contribution in [0.25, 0.3) is 53.2 Å². The molecule has 4 aliphatic carbocycles. The van der Waals surface area contributed by atoms with Crippen LogP contribution in [0.3, 0.4) is 0 Å². The number of benzene rings is 7. The maximum absolute atomic E-state index is 2.54. The fourth-order valence-corrected chi connectivity index (χ4v) is 12.2. The zero-order valence-corrected chi connectivity index (χ0v) is 28.5. The fraction of sp³-hybridized carbons (Fsp3) is 0.167. The zero-order chi connectivity index (χ0) is 32.6. The van der Waals surface area contributed by atoms with Gasteiger partial charge in [-0.05, 0) is 130 Å². The van der Waals surface area contributed by atoms with E-state index < -0.39 is 0 Å². The van der Waals surface area contributed by atoms with Gasteiger partial charge in [0.15, 0.2) is 0 Å². The van der Waals surface area contributed by atoms with Crippen LogP contribution in [0.4, 0.5) is 17.1 Å². The summed E-state index contributed by atoms with van der Waals surface area (Å²) in [5.74, 6) is 3.64. The first-order chi connectivity index (χ1) is 24.8. The second-order valence-electron chi connectivity index (χ2n) is 15.2. The molecule has 1 spiro atoms. The highest BCUT2D eigenvalue weighted by molar-refractivity contribution is 7.25. The summed E-state index contributed by atoms with van der Waals surface area (Å²) in [7, 11) is 0. The summed E-state index contributed by atoms with van der Waals surface area (Å²) in [5.41, 5.74) is 12.4. The summed E-state index contributed by atoms with van der Waals surface area (Å²) in [4.78, 5) is 2.54. The van der Waals surface area contributed by atoms with Crippen LogP contribution < -0.4 is 4.90 Å². The SMILES string of the molecule is c1ccc2c(c1)-c1c(N(c3ccc(-c4ccc5sc6ccccc6c5c4)cc3)c3ccc4ccccc4c3)cccc1C21CC2C3CCC1C32. The predicted molar refractivity (Wildman–Crippen MR) is 211 cm³/mol. The predicted octanol–water partition coefficient (Wildman–Crippen LogP) is 13.3. The smallest absolute Gasteiger partial charge is 0.0543 e. The van der Waals surface area contributed by atoms with E-state index in [0.717, 1.165) is 23.7 Å². The highest BCUT2D eigenvalue weighted by atomic mass is 32.1. The highest BCUT2D eigenvalue weighted by Crippen LogP contribution is 2.78. The molecule has 7 aromatic carbocycles. The molecule has 50 heavy (non-hydrogen) atoms. The molecule has 238 valence electrons. The Morgan fingerprint density at radius 3 is 2.22 bits per heavy atom. The van der Waals surface area contributed by atoms with Crippen molar-refractivity contribution in [3.63, 3.8) is 0 Å². The molecule has 2 heteroatoms. The minimum absolute atomic E-state index is 0.160. The second kappa shape index (κ2) is 9.96. The summed E-state index contributed by atoms with van der Waals surface area (Å²) in [6.45, 7) is 0. The van der Waals surface area contributed by atoms with Gasteiger partial charge in [-0.3, -0.25) is 0 Å². The molecule has 5 atom stereocenters. The molecule has 0 N–H and O–H groups in total. The van der Waals surface area contributed by atoms with Crippen molar-refractivity contribution < 1.29 is 0 Å². The molecular weight excluding hydrogens is 623 g/mol. The van der Waals surface area contributed by atoms with Crippen LogP contribution in [-0.4, -0.2) is 0 Å². The van der Waals surface area contributed by atoms with Gasteiger partial charge in [-0.2, -0.15) is 0 Å². The third-order valence-electron chi connectivity index (χ3n) is 13.1. The topological polar surface area (TPSA) is 3.24 Å². The summed E-state index contributed by atoms with van der Waals surface area (Å²) in [6, 6.07) is 57.4. The van der Waals surface area contributed by atoms with Crippen molar-refractivity contribution in [1.82, 2.24) is 0 Å². The molecule has 0 amide bonds. The Kier molecular flexibility index (Phi) is 5.50. The maximum Gasteiger partial charge on any atom is 0.0543 e. The molecule has 12 rings (SSSR count). The van der Waals surface area contributed by atoms with E-state index in [2.05, 4.69) is 157 Å². The first-order valence-corrected chi connectivity index (χ1v) is 19.1. The van der Waals surface area contributed by atoms with E-state index in [9.17, 15) is 0 Å². The van der Waals surface area contributed by atoms with Gasteiger partial charge in [-0.15, -0.1) is 11.3 Å². The van der Waals surface area contributed by atoms with Gasteiger partial charge < -0.3 is 4.90 Å². The van der Waals surface area contributed by atoms with Crippen LogP contribution in [-0.2, 0) is 5.41 Å². The van der Waals surface area contributed by atoms with Crippen molar-refractivity contribution in [2.24, 2.45) is 23.7 Å². The summed E-state index contributed by atoms with van der Waals surface area (Å²) in [6.07, 6.45) is 4.14. The maximum atomic E-state index is 2.54. The van der Waals surface area contributed by atoms with Gasteiger partial charge in [-0.25, -0.2) is 0 Å². The Hall–Kier alpha value is -5.18. The van der Waals surface area contributed by atoms with Gasteiger partial charge >= 0.3 is 0 Å². The quantitative estimate of drug-likeness (QED) is 0.182. The van der Waals surface area contributed by atoms with Gasteiger partial charge in [0.25, 0.3) is 0 Å². The van der Waals surface area contributed by atoms with E-state index in [0.29, 0.717) is 0 Å². The van der Waals surface area contributed by atoms with E-state index in [1.807, 2.05) is 11.3 Å². The minimum Gasteiger partial charge on any atom is -0.310 e. The average Bonchev–Trinajstić information content (AvgIpc) is 3.49. The van der Waals surface area contributed by atoms with Crippen molar-refractivity contribution in [2.45, 2.75) is 24.7 Å². The number of nitrogens with zero attached hydrogens (tertiary/aromatic N) is 1. The number of hydrogen-bond acceptors (Lipinski definition) is 2. The fourth-order valence-electron chi connectivity index (χ4n) is 11.1. The number of hydrogen-bond donors (Lipinski definition) is 0. The third-order valence-corrected chi connectivity index (χ3v) is 14.3. The van der Waals surface area contributed by atoms with Crippen LogP contribution >= 0.6 is 11.3 Å². The molecule has 1 nitrogen and oxygen atoms in total. The lowest BCUT2D eigenvalue weighted by Crippen LogP contribution is -2.31. The monoisotopic (exact) mass is 657 g/mol. The summed E-state index contributed by atoms with van der Waals surface area (Å²) >= 11 is 1.88. The van der Waals surface area contributed by atoms with Gasteiger partial charge in [0, 0.05) is 42.5 Å². The molecule has 0 aliphatic heterocycles. The average molecular weight is 658 g/mol. The minimum atomic E-state index is 0.160. The Morgan fingerprint density at radius 1 is 0.540 bits per heavy atom. The lowest BCUT2D eigenvalue weighted by atomic mass is 9.68. The van der Waals surface area contributed by atoms with Crippen molar-refractivity contribution in [3.8, 4) is 22.3 Å². The number of rotatable bonds is 4. The van der Waals surface area contributed by atoms with Crippen LogP contribution in [0.1, 0.15) is 30.4 Å². The lowest BCUT2D eigenvalue weighted by Gasteiger charge is -2.35. The molecule has 5 unspecified atom stereocenters. The molecule has 1 heterocycles. The largest absolute Gasteiger partial charge is 0.310 e. The van der Waals surface area contributed by atoms with Gasteiger partial charge in [0.1, 0.15) is 0 Å². The van der Waals surface area contributed by atoms with Crippen molar-refractivity contribution in [3.05, 3.63) is 163 Å². The zero-order valence-electron chi connectivity index (χ0n) is 27.7. The van der Waals surface area contributed by atoms with Crippen LogP contribution in [0.2, 0.25) is 0 Å². The molecule has 4 aliphatic rings. The Labute approximate surface area is 296 Å². The molecule has 0 radical (unpaired) electrons. The first kappa shape index (κ1) is 27.6. The summed E-state index contributed by atoms with van der Waals surface area (Å²) < 4.78 is 2.69. The Morgan fingerprint density at radius 2 is 1.30 bits per heavy atom. The first-order valence-electron chi connectivity index (χ1n) is 18.3. The normalized spacial score (nSPS) is 23.8. The second-order valence-corrected chi connectivity index (χ2v) is 16.3. The number of fused-ring (bicyclic) bond motifs is 11. The van der Waals surface area contributed by atoms with E-state index in [1.165, 1.54) is 89.5 Å². The Bertz CT molecular complexity index is 2680. The standard InChI is InChI=1S/C48H35NS/c1-2-9-31-26-34(22-18-29(31)8-1)49(33-20-16-30(17-21-33)32-19-25-45-38(27-32)35-10-4-6-15-44(35)50-45)43-14-7-13-41-47(43)37-11-3-5-12-40(37)48(41)28-39-36-23-24-42(48)46(36)39/h1-22,25-27,36,39,42,46H,23-24,28H2. The van der Waals surface area contributed by atoms with Gasteiger partial charge in [0.05, 0.1) is 5.69 Å². The van der Waals surface area contributed by atoms with Crippen LogP contribution in [0.5, 0.6) is 0 Å². The Balaban J connectivity index is 1.04. The van der Waals surface area contributed by atoms with E-state index in [-0.39, 0.29) is 5.41 Å². The molecule has 3 saturated carbocycles. The molecule has 8 aromatic rings. The molecular formula is C48H35NS. The highest BCUT2D eigenvalue weighted by Gasteiger charge is 2.72. The lowest BCUT2D eigenvalue weighted by molar-refractivity contribution is 0.350. The van der Waals surface area contributed by atoms with E-state index >= 15 is 0 Å². The van der Waals surface area contributed by atoms with Crippen molar-refractivity contribution >= 4 is 59.3 Å².